The lowest BCUT2D eigenvalue weighted by Crippen LogP contribution is -1.73. The summed E-state index contributed by atoms with van der Waals surface area (Å²) in [6.45, 7) is 0. The normalized spacial score (nSPS) is 8.31. The Bertz CT molecular complexity index is 299. The molecular weight excluding hydrogens is 166 g/mol. The minimum atomic E-state index is 0.729. The van der Waals surface area contributed by atoms with E-state index in [4.69, 9.17) is 0 Å². The highest BCUT2D eigenvalue weighted by Crippen LogP contribution is 1.91. The highest BCUT2D eigenvalue weighted by atomic mass is 16.5. The predicted octanol–water partition coefficient (Wildman–Crippen LogP) is 2.17. The molecule has 0 bridgehead atoms. The number of hydrogen-bond acceptors (Lipinski definition) is 3. The number of carbonyl (C=O) groups excluding carboxylic acids is 1. The van der Waals surface area contributed by atoms with Crippen molar-refractivity contribution in [1.29, 1.82) is 0 Å². The summed E-state index contributed by atoms with van der Waals surface area (Å²) in [5.41, 5.74) is 0.729. The summed E-state index contributed by atoms with van der Waals surface area (Å²) in [5.74, 6) is 0. The van der Waals surface area contributed by atoms with E-state index >= 15 is 0 Å². The van der Waals surface area contributed by atoms with Gasteiger partial charge in [-0.25, -0.2) is 0 Å². The summed E-state index contributed by atoms with van der Waals surface area (Å²) in [4.78, 5) is 10.0. The topological polar surface area (TPSA) is 43.1 Å². The molecular formula is C10H9NO2. The maximum absolute atomic E-state index is 10.0. The molecule has 13 heavy (non-hydrogen) atoms. The minimum absolute atomic E-state index is 0.729. The summed E-state index contributed by atoms with van der Waals surface area (Å²) in [7, 11) is 0. The van der Waals surface area contributed by atoms with Crippen molar-refractivity contribution in [1.82, 2.24) is 5.16 Å². The fourth-order valence-corrected chi connectivity index (χ4v) is 0.707. The van der Waals surface area contributed by atoms with Gasteiger partial charge in [0.25, 0.3) is 0 Å². The van der Waals surface area contributed by atoms with E-state index in [2.05, 4.69) is 9.68 Å². The Morgan fingerprint density at radius 3 is 2.23 bits per heavy atom. The molecule has 0 atom stereocenters. The van der Waals surface area contributed by atoms with Crippen LogP contribution >= 0.6 is 0 Å². The second-order valence-corrected chi connectivity index (χ2v) is 2.22. The monoisotopic (exact) mass is 175 g/mol. The van der Waals surface area contributed by atoms with Crippen LogP contribution < -0.4 is 0 Å². The van der Waals surface area contributed by atoms with Crippen LogP contribution in [0.1, 0.15) is 10.4 Å². The van der Waals surface area contributed by atoms with Crippen molar-refractivity contribution in [3.63, 3.8) is 0 Å². The number of aromatic nitrogens is 1. The highest BCUT2D eigenvalue weighted by Gasteiger charge is 1.79. The third-order valence-corrected chi connectivity index (χ3v) is 1.28. The van der Waals surface area contributed by atoms with Crippen molar-refractivity contribution in [2.75, 3.05) is 0 Å². The van der Waals surface area contributed by atoms with Gasteiger partial charge in [-0.15, -0.1) is 0 Å². The molecule has 3 heteroatoms. The van der Waals surface area contributed by atoms with Crippen LogP contribution in [0.15, 0.2) is 53.4 Å². The zero-order chi connectivity index (χ0) is 9.36. The molecule has 0 aliphatic heterocycles. The maximum Gasteiger partial charge on any atom is 0.150 e. The van der Waals surface area contributed by atoms with E-state index in [0.717, 1.165) is 11.8 Å². The molecule has 1 aromatic heterocycles. The molecule has 0 saturated heterocycles. The van der Waals surface area contributed by atoms with Crippen LogP contribution in [0.2, 0.25) is 0 Å². The van der Waals surface area contributed by atoms with E-state index in [1.165, 1.54) is 6.26 Å². The standard InChI is InChI=1S/C7H6O.C3H3NO/c8-6-7-4-2-1-3-5-7;1-2-4-5-3-1/h1-6H;1-3H. The fraction of sp³-hybridized carbons (Fsp3) is 0. The lowest BCUT2D eigenvalue weighted by molar-refractivity contribution is 0.112. The van der Waals surface area contributed by atoms with Gasteiger partial charge in [-0.3, -0.25) is 4.79 Å². The Morgan fingerprint density at radius 1 is 1.15 bits per heavy atom. The van der Waals surface area contributed by atoms with Gasteiger partial charge in [-0.1, -0.05) is 35.5 Å². The van der Waals surface area contributed by atoms with E-state index in [-0.39, 0.29) is 0 Å². The first-order chi connectivity index (χ1) is 6.43. The largest absolute Gasteiger partial charge is 0.365 e. The average Bonchev–Trinajstić information content (AvgIpc) is 2.77. The number of aldehydes is 1. The molecule has 1 heterocycles. The van der Waals surface area contributed by atoms with Crippen molar-refractivity contribution in [2.24, 2.45) is 0 Å². The number of hydrogen-bond donors (Lipinski definition) is 0. The van der Waals surface area contributed by atoms with Gasteiger partial charge in [-0.2, -0.15) is 0 Å². The van der Waals surface area contributed by atoms with E-state index in [9.17, 15) is 4.79 Å². The molecule has 0 aliphatic carbocycles. The second-order valence-electron chi connectivity index (χ2n) is 2.22. The molecule has 2 rings (SSSR count). The van der Waals surface area contributed by atoms with Crippen LogP contribution in [0, 0.1) is 0 Å². The number of nitrogens with zero attached hydrogens (tertiary/aromatic N) is 1. The molecule has 66 valence electrons. The fourth-order valence-electron chi connectivity index (χ4n) is 0.707. The van der Waals surface area contributed by atoms with Gasteiger partial charge in [0.15, 0.2) is 0 Å². The molecule has 0 amide bonds. The van der Waals surface area contributed by atoms with E-state index in [0.29, 0.717) is 0 Å². The SMILES string of the molecule is O=Cc1ccccc1.c1cnoc1. The molecule has 0 N–H and O–H groups in total. The summed E-state index contributed by atoms with van der Waals surface area (Å²) >= 11 is 0. The van der Waals surface area contributed by atoms with Crippen molar-refractivity contribution < 1.29 is 9.32 Å². The van der Waals surface area contributed by atoms with Gasteiger partial charge in [0.05, 0.1) is 6.20 Å². The van der Waals surface area contributed by atoms with Crippen LogP contribution in [0.5, 0.6) is 0 Å². The first-order valence-corrected chi connectivity index (χ1v) is 3.78. The van der Waals surface area contributed by atoms with E-state index in [1.807, 2.05) is 18.2 Å². The molecule has 0 fully saturated rings. The number of carbonyl (C=O) groups is 1. The zero-order valence-electron chi connectivity index (χ0n) is 6.96. The van der Waals surface area contributed by atoms with Gasteiger partial charge >= 0.3 is 0 Å². The summed E-state index contributed by atoms with van der Waals surface area (Å²) in [6.07, 6.45) is 3.93. The maximum atomic E-state index is 10.0. The molecule has 0 saturated carbocycles. The predicted molar refractivity (Wildman–Crippen MR) is 48.3 cm³/mol. The van der Waals surface area contributed by atoms with Gasteiger partial charge in [0.2, 0.25) is 0 Å². The molecule has 3 nitrogen and oxygen atoms in total. The lowest BCUT2D eigenvalue weighted by Gasteiger charge is -1.81. The summed E-state index contributed by atoms with van der Waals surface area (Å²) in [5, 5.41) is 3.35. The second kappa shape index (κ2) is 5.71. The van der Waals surface area contributed by atoms with Gasteiger partial charge in [0, 0.05) is 5.56 Å². The Hall–Kier alpha value is -1.90. The van der Waals surface area contributed by atoms with Gasteiger partial charge < -0.3 is 4.52 Å². The Morgan fingerprint density at radius 2 is 1.92 bits per heavy atom. The highest BCUT2D eigenvalue weighted by molar-refractivity contribution is 5.74. The van der Waals surface area contributed by atoms with Crippen LogP contribution in [0.25, 0.3) is 0 Å². The van der Waals surface area contributed by atoms with Crippen molar-refractivity contribution in [3.05, 3.63) is 54.4 Å². The number of rotatable bonds is 1. The van der Waals surface area contributed by atoms with Crippen molar-refractivity contribution >= 4 is 6.29 Å². The first kappa shape index (κ1) is 9.19. The third-order valence-electron chi connectivity index (χ3n) is 1.28. The summed E-state index contributed by atoms with van der Waals surface area (Å²) in [6, 6.07) is 10.8. The molecule has 0 radical (unpaired) electrons. The van der Waals surface area contributed by atoms with Crippen LogP contribution in [0.4, 0.5) is 0 Å². The Kier molecular flexibility index (Phi) is 4.04. The van der Waals surface area contributed by atoms with Gasteiger partial charge in [-0.05, 0) is 6.07 Å². The Labute approximate surface area is 76.0 Å². The third kappa shape index (κ3) is 3.86. The molecule has 0 unspecified atom stereocenters. The van der Waals surface area contributed by atoms with Crippen LogP contribution in [-0.2, 0) is 0 Å². The summed E-state index contributed by atoms with van der Waals surface area (Å²) < 4.78 is 4.33. The molecule has 2 aromatic rings. The smallest absolute Gasteiger partial charge is 0.150 e. The minimum Gasteiger partial charge on any atom is -0.365 e. The Balaban J connectivity index is 0.000000145. The first-order valence-electron chi connectivity index (χ1n) is 3.78. The van der Waals surface area contributed by atoms with Crippen molar-refractivity contribution in [3.8, 4) is 0 Å². The molecule has 0 spiro atoms. The van der Waals surface area contributed by atoms with E-state index < -0.39 is 0 Å². The van der Waals surface area contributed by atoms with Crippen molar-refractivity contribution in [2.45, 2.75) is 0 Å². The van der Waals surface area contributed by atoms with Gasteiger partial charge in [0.1, 0.15) is 12.5 Å². The zero-order valence-corrected chi connectivity index (χ0v) is 6.96. The van der Waals surface area contributed by atoms with Crippen LogP contribution in [0.3, 0.4) is 0 Å². The number of benzene rings is 1. The van der Waals surface area contributed by atoms with E-state index in [1.54, 1.807) is 24.4 Å². The quantitative estimate of drug-likeness (QED) is 0.624. The molecule has 0 aliphatic rings. The van der Waals surface area contributed by atoms with Crippen LogP contribution in [-0.4, -0.2) is 11.4 Å². The lowest BCUT2D eigenvalue weighted by atomic mass is 10.2. The average molecular weight is 175 g/mol. The molecule has 1 aromatic carbocycles.